The molecule has 0 heterocycles. The minimum absolute atomic E-state index is 0.0413. The molecule has 2 amide bonds. The number of nitrogens with two attached hydrogens (primary N) is 1. The molecular weight excluding hydrogens is 230 g/mol. The van der Waals surface area contributed by atoms with Crippen LogP contribution in [0.1, 0.15) is 16.8 Å². The Morgan fingerprint density at radius 1 is 1.22 bits per heavy atom. The minimum Gasteiger partial charge on any atom is -0.399 e. The second kappa shape index (κ2) is 7.11. The number of hydrogen-bond donors (Lipinski definition) is 3. The maximum Gasteiger partial charge on any atom is 0.251 e. The minimum atomic E-state index is -0.297. The van der Waals surface area contributed by atoms with Crippen molar-refractivity contribution in [2.24, 2.45) is 0 Å². The monoisotopic (exact) mass is 247 g/mol. The molecule has 0 aliphatic rings. The second-order valence-corrected chi connectivity index (χ2v) is 3.73. The van der Waals surface area contributed by atoms with Crippen molar-refractivity contribution < 1.29 is 9.59 Å². The van der Waals surface area contributed by atoms with Crippen molar-refractivity contribution in [1.29, 1.82) is 0 Å². The number of carbonyl (C=O) groups excluding carboxylic acids is 2. The van der Waals surface area contributed by atoms with Crippen LogP contribution >= 0.6 is 0 Å². The molecule has 0 aliphatic carbocycles. The molecule has 0 unspecified atom stereocenters. The number of nitrogens with one attached hydrogen (secondary N) is 2. The van der Waals surface area contributed by atoms with Gasteiger partial charge in [-0.1, -0.05) is 6.08 Å². The summed E-state index contributed by atoms with van der Waals surface area (Å²) in [4.78, 5) is 23.0. The van der Waals surface area contributed by atoms with Crippen molar-refractivity contribution in [3.63, 3.8) is 0 Å². The maximum atomic E-state index is 11.6. The largest absolute Gasteiger partial charge is 0.399 e. The molecule has 1 aromatic carbocycles. The lowest BCUT2D eigenvalue weighted by Gasteiger charge is -2.06. The molecule has 1 aromatic rings. The Kier molecular flexibility index (Phi) is 5.44. The van der Waals surface area contributed by atoms with Gasteiger partial charge in [-0.2, -0.15) is 0 Å². The van der Waals surface area contributed by atoms with Crippen molar-refractivity contribution >= 4 is 17.5 Å². The summed E-state index contributed by atoms with van der Waals surface area (Å²) in [5.41, 5.74) is 6.58. The van der Waals surface area contributed by atoms with Crippen LogP contribution in [0.15, 0.2) is 36.9 Å². The summed E-state index contributed by atoms with van der Waals surface area (Å²) in [6, 6.07) is 6.50. The van der Waals surface area contributed by atoms with E-state index in [0.717, 1.165) is 0 Å². The molecule has 1 rings (SSSR count). The van der Waals surface area contributed by atoms with Gasteiger partial charge < -0.3 is 16.4 Å². The Bertz CT molecular complexity index is 426. The highest BCUT2D eigenvalue weighted by Crippen LogP contribution is 2.04. The van der Waals surface area contributed by atoms with Crippen LogP contribution in [0.2, 0.25) is 0 Å². The first-order valence-electron chi connectivity index (χ1n) is 5.65. The summed E-state index contributed by atoms with van der Waals surface area (Å²) < 4.78 is 0. The number of amides is 2. The standard InChI is InChI=1S/C13H17N3O2/c1-2-3-8-15-12(17)9-16-13(18)10-4-6-11(14)7-5-10/h2,4-7H,1,3,8-9,14H2,(H,15,17)(H,16,18). The second-order valence-electron chi connectivity index (χ2n) is 3.73. The first-order valence-corrected chi connectivity index (χ1v) is 5.65. The fourth-order valence-corrected chi connectivity index (χ4v) is 1.27. The van der Waals surface area contributed by atoms with Crippen LogP contribution in [-0.2, 0) is 4.79 Å². The first kappa shape index (κ1) is 13.8. The molecule has 0 spiro atoms. The van der Waals surface area contributed by atoms with Crippen LogP contribution in [0, 0.1) is 0 Å². The highest BCUT2D eigenvalue weighted by Gasteiger charge is 2.06. The number of anilines is 1. The van der Waals surface area contributed by atoms with Crippen molar-refractivity contribution in [2.75, 3.05) is 18.8 Å². The third-order valence-electron chi connectivity index (χ3n) is 2.25. The average molecular weight is 247 g/mol. The molecule has 0 fully saturated rings. The van der Waals surface area contributed by atoms with Gasteiger partial charge in [0, 0.05) is 17.8 Å². The quantitative estimate of drug-likeness (QED) is 0.393. The summed E-state index contributed by atoms with van der Waals surface area (Å²) in [6.07, 6.45) is 2.42. The summed E-state index contributed by atoms with van der Waals surface area (Å²) >= 11 is 0. The molecular formula is C13H17N3O2. The van der Waals surface area contributed by atoms with Gasteiger partial charge in [0.1, 0.15) is 0 Å². The highest BCUT2D eigenvalue weighted by molar-refractivity contribution is 5.96. The molecule has 4 N–H and O–H groups in total. The smallest absolute Gasteiger partial charge is 0.251 e. The van der Waals surface area contributed by atoms with Gasteiger partial charge in [0.15, 0.2) is 0 Å². The highest BCUT2D eigenvalue weighted by atomic mass is 16.2. The lowest BCUT2D eigenvalue weighted by molar-refractivity contribution is -0.120. The maximum absolute atomic E-state index is 11.6. The molecule has 5 nitrogen and oxygen atoms in total. The Hall–Kier alpha value is -2.30. The number of rotatable bonds is 6. The molecule has 0 radical (unpaired) electrons. The van der Waals surface area contributed by atoms with Gasteiger partial charge in [-0.25, -0.2) is 0 Å². The topological polar surface area (TPSA) is 84.2 Å². The number of nitrogen functional groups attached to an aromatic ring is 1. The fraction of sp³-hybridized carbons (Fsp3) is 0.231. The number of hydrogen-bond acceptors (Lipinski definition) is 3. The normalized spacial score (nSPS) is 9.56. The van der Waals surface area contributed by atoms with E-state index in [1.54, 1.807) is 30.3 Å². The van der Waals surface area contributed by atoms with Crippen LogP contribution in [0.5, 0.6) is 0 Å². The molecule has 0 saturated heterocycles. The van der Waals surface area contributed by atoms with E-state index in [9.17, 15) is 9.59 Å². The molecule has 0 saturated carbocycles. The average Bonchev–Trinajstić information content (AvgIpc) is 2.37. The zero-order valence-corrected chi connectivity index (χ0v) is 10.1. The van der Waals surface area contributed by atoms with E-state index in [4.69, 9.17) is 5.73 Å². The van der Waals surface area contributed by atoms with E-state index in [2.05, 4.69) is 17.2 Å². The van der Waals surface area contributed by atoms with Gasteiger partial charge in [0.25, 0.3) is 5.91 Å². The number of carbonyl (C=O) groups is 2. The fourth-order valence-electron chi connectivity index (χ4n) is 1.27. The molecule has 0 atom stereocenters. The van der Waals surface area contributed by atoms with Crippen molar-refractivity contribution in [3.05, 3.63) is 42.5 Å². The van der Waals surface area contributed by atoms with E-state index < -0.39 is 0 Å². The van der Waals surface area contributed by atoms with E-state index in [0.29, 0.717) is 24.2 Å². The zero-order valence-electron chi connectivity index (χ0n) is 10.1. The van der Waals surface area contributed by atoms with E-state index in [-0.39, 0.29) is 18.4 Å². The lowest BCUT2D eigenvalue weighted by Crippen LogP contribution is -2.37. The molecule has 18 heavy (non-hydrogen) atoms. The van der Waals surface area contributed by atoms with Gasteiger partial charge in [-0.05, 0) is 30.7 Å². The van der Waals surface area contributed by atoms with Crippen LogP contribution in [0.3, 0.4) is 0 Å². The predicted molar refractivity (Wildman–Crippen MR) is 71.0 cm³/mol. The van der Waals surface area contributed by atoms with E-state index >= 15 is 0 Å². The zero-order chi connectivity index (χ0) is 13.4. The predicted octanol–water partition coefficient (Wildman–Crippen LogP) is 0.691. The Labute approximate surface area is 106 Å². The van der Waals surface area contributed by atoms with Crippen molar-refractivity contribution in [3.8, 4) is 0 Å². The molecule has 0 aliphatic heterocycles. The lowest BCUT2D eigenvalue weighted by atomic mass is 10.2. The van der Waals surface area contributed by atoms with Gasteiger partial charge in [0.05, 0.1) is 6.54 Å². The Balaban J connectivity index is 2.34. The van der Waals surface area contributed by atoms with Gasteiger partial charge >= 0.3 is 0 Å². The first-order chi connectivity index (χ1) is 8.63. The molecule has 5 heteroatoms. The van der Waals surface area contributed by atoms with Gasteiger partial charge in [-0.3, -0.25) is 9.59 Å². The van der Waals surface area contributed by atoms with Crippen LogP contribution < -0.4 is 16.4 Å². The summed E-state index contributed by atoms with van der Waals surface area (Å²) in [6.45, 7) is 4.03. The third-order valence-corrected chi connectivity index (χ3v) is 2.25. The van der Waals surface area contributed by atoms with E-state index in [1.807, 2.05) is 0 Å². The molecule has 0 bridgehead atoms. The number of benzene rings is 1. The van der Waals surface area contributed by atoms with Crippen LogP contribution in [0.25, 0.3) is 0 Å². The van der Waals surface area contributed by atoms with Crippen molar-refractivity contribution in [1.82, 2.24) is 10.6 Å². The van der Waals surface area contributed by atoms with Crippen molar-refractivity contribution in [2.45, 2.75) is 6.42 Å². The third kappa shape index (κ3) is 4.69. The van der Waals surface area contributed by atoms with E-state index in [1.165, 1.54) is 0 Å². The molecule has 0 aromatic heterocycles. The summed E-state index contributed by atoms with van der Waals surface area (Å²) in [5, 5.41) is 5.18. The summed E-state index contributed by atoms with van der Waals surface area (Å²) in [7, 11) is 0. The van der Waals surface area contributed by atoms with Gasteiger partial charge in [-0.15, -0.1) is 6.58 Å². The van der Waals surface area contributed by atoms with Crippen LogP contribution in [0.4, 0.5) is 5.69 Å². The Morgan fingerprint density at radius 2 is 1.89 bits per heavy atom. The summed E-state index contributed by atoms with van der Waals surface area (Å²) in [5.74, 6) is -0.519. The van der Waals surface area contributed by atoms with Gasteiger partial charge in [0.2, 0.25) is 5.91 Å². The van der Waals surface area contributed by atoms with Crippen LogP contribution in [-0.4, -0.2) is 24.9 Å². The Morgan fingerprint density at radius 3 is 2.50 bits per heavy atom. The SMILES string of the molecule is C=CCCNC(=O)CNC(=O)c1ccc(N)cc1. The molecule has 96 valence electrons.